The molecule has 0 spiro atoms. The fourth-order valence-electron chi connectivity index (χ4n) is 2.97. The highest BCUT2D eigenvalue weighted by molar-refractivity contribution is 7.89. The first-order chi connectivity index (χ1) is 11.9. The molecule has 5 nitrogen and oxygen atoms in total. The molecule has 0 bridgehead atoms. The van der Waals surface area contributed by atoms with Crippen LogP contribution in [0.1, 0.15) is 24.5 Å². The number of sulfonamides is 1. The molecule has 0 unspecified atom stereocenters. The third-order valence-corrected chi connectivity index (χ3v) is 5.67. The summed E-state index contributed by atoms with van der Waals surface area (Å²) >= 11 is 0. The molecule has 0 radical (unpaired) electrons. The second kappa shape index (κ2) is 6.93. The molecule has 2 aromatic rings. The van der Waals surface area contributed by atoms with E-state index in [1.807, 2.05) is 0 Å². The number of halogens is 1. The molecule has 0 aromatic heterocycles. The maximum Gasteiger partial charge on any atom is 0.240 e. The fourth-order valence-corrected chi connectivity index (χ4v) is 4.02. The van der Waals surface area contributed by atoms with Crippen molar-refractivity contribution in [3.63, 3.8) is 0 Å². The number of hydrogen-bond donors (Lipinski definition) is 1. The number of hydrogen-bond acceptors (Lipinski definition) is 3. The number of rotatable bonds is 4. The molecule has 1 amide bonds. The van der Waals surface area contributed by atoms with Crippen molar-refractivity contribution >= 4 is 21.6 Å². The zero-order valence-corrected chi connectivity index (χ0v) is 14.6. The van der Waals surface area contributed by atoms with Crippen molar-refractivity contribution in [2.75, 3.05) is 11.4 Å². The van der Waals surface area contributed by atoms with Gasteiger partial charge in [0, 0.05) is 31.3 Å². The van der Waals surface area contributed by atoms with E-state index in [0.29, 0.717) is 6.54 Å². The summed E-state index contributed by atoms with van der Waals surface area (Å²) in [7, 11) is -3.77. The highest BCUT2D eigenvalue weighted by atomic mass is 32.2. The van der Waals surface area contributed by atoms with E-state index < -0.39 is 15.8 Å². The first-order valence-corrected chi connectivity index (χ1v) is 9.51. The lowest BCUT2D eigenvalue weighted by molar-refractivity contribution is -0.116. The van der Waals surface area contributed by atoms with Gasteiger partial charge in [0.25, 0.3) is 0 Å². The maximum atomic E-state index is 13.6. The van der Waals surface area contributed by atoms with Crippen LogP contribution in [-0.2, 0) is 27.8 Å². The normalized spacial score (nSPS) is 14.2. The molecular weight excluding hydrogens is 343 g/mol. The maximum absolute atomic E-state index is 13.6. The van der Waals surface area contributed by atoms with Gasteiger partial charge in [0.2, 0.25) is 15.9 Å². The van der Waals surface area contributed by atoms with Crippen LogP contribution >= 0.6 is 0 Å². The molecule has 1 heterocycles. The Morgan fingerprint density at radius 2 is 2.00 bits per heavy atom. The predicted octanol–water partition coefficient (Wildman–Crippen LogP) is 2.60. The third kappa shape index (κ3) is 3.72. The lowest BCUT2D eigenvalue weighted by atomic mass is 10.0. The number of carbonyl (C=O) groups excluding carboxylic acids is 1. The highest BCUT2D eigenvalue weighted by Crippen LogP contribution is 2.29. The molecule has 0 aliphatic carbocycles. The van der Waals surface area contributed by atoms with Gasteiger partial charge >= 0.3 is 0 Å². The van der Waals surface area contributed by atoms with Crippen molar-refractivity contribution < 1.29 is 17.6 Å². The number of fused-ring (bicyclic) bond motifs is 1. The van der Waals surface area contributed by atoms with Gasteiger partial charge in [0.1, 0.15) is 5.82 Å². The van der Waals surface area contributed by atoms with Gasteiger partial charge in [0.05, 0.1) is 4.90 Å². The summed E-state index contributed by atoms with van der Waals surface area (Å²) in [4.78, 5) is 13.5. The number of nitrogens with zero attached hydrogens (tertiary/aromatic N) is 1. The van der Waals surface area contributed by atoms with Gasteiger partial charge in [-0.25, -0.2) is 17.5 Å². The molecule has 0 atom stereocenters. The SMILES string of the molecule is CC(=O)N1CCCc2cc(S(=O)(=O)NCc3ccccc3F)ccc21. The van der Waals surface area contributed by atoms with Crippen LogP contribution in [0.15, 0.2) is 47.4 Å². The van der Waals surface area contributed by atoms with E-state index in [9.17, 15) is 17.6 Å². The summed E-state index contributed by atoms with van der Waals surface area (Å²) in [6.07, 6.45) is 1.51. The largest absolute Gasteiger partial charge is 0.312 e. The van der Waals surface area contributed by atoms with E-state index in [4.69, 9.17) is 0 Å². The van der Waals surface area contributed by atoms with Crippen molar-refractivity contribution in [2.45, 2.75) is 31.2 Å². The lowest BCUT2D eigenvalue weighted by Gasteiger charge is -2.28. The molecular formula is C18H19FN2O3S. The Labute approximate surface area is 146 Å². The first-order valence-electron chi connectivity index (χ1n) is 8.02. The molecule has 0 fully saturated rings. The molecule has 7 heteroatoms. The highest BCUT2D eigenvalue weighted by Gasteiger charge is 2.23. The topological polar surface area (TPSA) is 66.5 Å². The monoisotopic (exact) mass is 362 g/mol. The van der Waals surface area contributed by atoms with Crippen LogP contribution in [-0.4, -0.2) is 20.9 Å². The van der Waals surface area contributed by atoms with Crippen molar-refractivity contribution in [1.82, 2.24) is 4.72 Å². The van der Waals surface area contributed by atoms with E-state index in [1.54, 1.807) is 29.2 Å². The van der Waals surface area contributed by atoms with Crippen molar-refractivity contribution in [2.24, 2.45) is 0 Å². The summed E-state index contributed by atoms with van der Waals surface area (Å²) in [6, 6.07) is 10.8. The van der Waals surface area contributed by atoms with Crippen LogP contribution in [0.3, 0.4) is 0 Å². The van der Waals surface area contributed by atoms with E-state index in [1.165, 1.54) is 25.1 Å². The molecule has 1 aliphatic heterocycles. The minimum Gasteiger partial charge on any atom is -0.312 e. The molecule has 3 rings (SSSR count). The molecule has 2 aromatic carbocycles. The zero-order valence-electron chi connectivity index (χ0n) is 13.8. The second-order valence-corrected chi connectivity index (χ2v) is 7.75. The Morgan fingerprint density at radius 3 is 2.72 bits per heavy atom. The van der Waals surface area contributed by atoms with Crippen LogP contribution in [0.25, 0.3) is 0 Å². The van der Waals surface area contributed by atoms with Gasteiger partial charge in [-0.05, 0) is 42.7 Å². The zero-order chi connectivity index (χ0) is 18.0. The fraction of sp³-hybridized carbons (Fsp3) is 0.278. The van der Waals surface area contributed by atoms with Crippen LogP contribution in [0.2, 0.25) is 0 Å². The van der Waals surface area contributed by atoms with E-state index in [-0.39, 0.29) is 22.9 Å². The number of carbonyl (C=O) groups is 1. The minimum absolute atomic E-state index is 0.0609. The van der Waals surface area contributed by atoms with Crippen LogP contribution in [0.5, 0.6) is 0 Å². The van der Waals surface area contributed by atoms with Gasteiger partial charge < -0.3 is 4.90 Å². The summed E-state index contributed by atoms with van der Waals surface area (Å²) < 4.78 is 41.1. The first kappa shape index (κ1) is 17.6. The molecule has 0 saturated carbocycles. The summed E-state index contributed by atoms with van der Waals surface area (Å²) in [6.45, 7) is 2.02. The Kier molecular flexibility index (Phi) is 4.87. The number of aryl methyl sites for hydroxylation is 1. The van der Waals surface area contributed by atoms with Gasteiger partial charge in [-0.15, -0.1) is 0 Å². The van der Waals surface area contributed by atoms with E-state index in [0.717, 1.165) is 24.1 Å². The summed E-state index contributed by atoms with van der Waals surface area (Å²) in [5, 5.41) is 0. The van der Waals surface area contributed by atoms with Crippen LogP contribution in [0, 0.1) is 5.82 Å². The quantitative estimate of drug-likeness (QED) is 0.909. The summed E-state index contributed by atoms with van der Waals surface area (Å²) in [5.74, 6) is -0.512. The number of amides is 1. The molecule has 25 heavy (non-hydrogen) atoms. The van der Waals surface area contributed by atoms with Crippen LogP contribution < -0.4 is 9.62 Å². The Morgan fingerprint density at radius 1 is 1.24 bits per heavy atom. The van der Waals surface area contributed by atoms with E-state index >= 15 is 0 Å². The smallest absolute Gasteiger partial charge is 0.240 e. The van der Waals surface area contributed by atoms with Gasteiger partial charge in [0.15, 0.2) is 0 Å². The van der Waals surface area contributed by atoms with Gasteiger partial charge in [-0.1, -0.05) is 18.2 Å². The standard InChI is InChI=1S/C18H19FN2O3S/c1-13(22)21-10-4-6-14-11-16(8-9-18(14)21)25(23,24)20-12-15-5-2-3-7-17(15)19/h2-3,5,7-9,11,20H,4,6,10,12H2,1H3. The Bertz CT molecular complexity index is 912. The minimum atomic E-state index is -3.77. The van der Waals surface area contributed by atoms with Gasteiger partial charge in [-0.3, -0.25) is 4.79 Å². The number of anilines is 1. The number of benzene rings is 2. The van der Waals surface area contributed by atoms with Crippen molar-refractivity contribution in [1.29, 1.82) is 0 Å². The number of nitrogens with one attached hydrogen (secondary N) is 1. The van der Waals surface area contributed by atoms with Crippen LogP contribution in [0.4, 0.5) is 10.1 Å². The third-order valence-electron chi connectivity index (χ3n) is 4.27. The molecule has 1 aliphatic rings. The van der Waals surface area contributed by atoms with Crippen molar-refractivity contribution in [3.05, 3.63) is 59.4 Å². The lowest BCUT2D eigenvalue weighted by Crippen LogP contribution is -2.33. The average Bonchev–Trinajstić information content (AvgIpc) is 2.60. The average molecular weight is 362 g/mol. The summed E-state index contributed by atoms with van der Waals surface area (Å²) in [5.41, 5.74) is 1.87. The molecule has 0 saturated heterocycles. The molecule has 1 N–H and O–H groups in total. The van der Waals surface area contributed by atoms with E-state index in [2.05, 4.69) is 4.72 Å². The second-order valence-electron chi connectivity index (χ2n) is 5.98. The predicted molar refractivity (Wildman–Crippen MR) is 93.2 cm³/mol. The van der Waals surface area contributed by atoms with Gasteiger partial charge in [-0.2, -0.15) is 0 Å². The Hall–Kier alpha value is -2.25. The van der Waals surface area contributed by atoms with Crippen molar-refractivity contribution in [3.8, 4) is 0 Å². The molecule has 132 valence electrons. The Balaban J connectivity index is 1.83.